The van der Waals surface area contributed by atoms with Crippen LogP contribution in [0.4, 0.5) is 5.69 Å². The normalized spacial score (nSPS) is 10.1. The van der Waals surface area contributed by atoms with Crippen molar-refractivity contribution in [1.82, 2.24) is 0 Å². The second-order valence-corrected chi connectivity index (χ2v) is 4.46. The lowest BCUT2D eigenvalue weighted by Crippen LogP contribution is -1.99. The highest BCUT2D eigenvalue weighted by Crippen LogP contribution is 2.24. The van der Waals surface area contributed by atoms with Gasteiger partial charge in [0.05, 0.1) is 7.11 Å². The third-order valence-corrected chi connectivity index (χ3v) is 3.01. The van der Waals surface area contributed by atoms with Crippen LogP contribution < -0.4 is 14.8 Å². The molecular weight excluding hydrogens is 262 g/mol. The fraction of sp³-hybridized carbons (Fsp3) is 0.200. The Hall–Kier alpha value is -1.87. The smallest absolute Gasteiger partial charge is 0.125 e. The first kappa shape index (κ1) is 13.6. The Balaban J connectivity index is 2.07. The molecule has 3 nitrogen and oxygen atoms in total. The summed E-state index contributed by atoms with van der Waals surface area (Å²) in [4.78, 5) is 0. The summed E-state index contributed by atoms with van der Waals surface area (Å²) < 4.78 is 11.0. The van der Waals surface area contributed by atoms with Crippen molar-refractivity contribution >= 4 is 17.3 Å². The number of rotatable bonds is 5. The molecule has 0 fully saturated rings. The number of hydrogen-bond acceptors (Lipinski definition) is 3. The lowest BCUT2D eigenvalue weighted by Gasteiger charge is -2.11. The van der Waals surface area contributed by atoms with Crippen LogP contribution in [0.5, 0.6) is 11.5 Å². The number of ether oxygens (including phenoxy) is 2. The highest BCUT2D eigenvalue weighted by Gasteiger charge is 2.05. The Morgan fingerprint density at radius 1 is 1.11 bits per heavy atom. The molecular formula is C15H16ClNO2. The van der Waals surface area contributed by atoms with E-state index in [9.17, 15) is 0 Å². The highest BCUT2D eigenvalue weighted by molar-refractivity contribution is 6.30. The minimum Gasteiger partial charge on any atom is -0.496 e. The second kappa shape index (κ2) is 6.34. The van der Waals surface area contributed by atoms with Gasteiger partial charge in [0.25, 0.3) is 0 Å². The quantitative estimate of drug-likeness (QED) is 0.897. The van der Waals surface area contributed by atoms with Gasteiger partial charge in [-0.1, -0.05) is 11.6 Å². The fourth-order valence-electron chi connectivity index (χ4n) is 1.74. The van der Waals surface area contributed by atoms with E-state index in [1.165, 1.54) is 0 Å². The predicted octanol–water partition coefficient (Wildman–Crippen LogP) is 3.97. The molecule has 0 atom stereocenters. The summed E-state index contributed by atoms with van der Waals surface area (Å²) in [5.74, 6) is 1.58. The lowest BCUT2D eigenvalue weighted by molar-refractivity contribution is 0.297. The number of benzene rings is 2. The van der Waals surface area contributed by atoms with E-state index < -0.39 is 0 Å². The summed E-state index contributed by atoms with van der Waals surface area (Å²) in [7, 11) is 3.52. The van der Waals surface area contributed by atoms with Crippen LogP contribution in [0, 0.1) is 0 Å². The first-order valence-electron chi connectivity index (χ1n) is 5.96. The van der Waals surface area contributed by atoms with Crippen molar-refractivity contribution in [3.05, 3.63) is 53.1 Å². The van der Waals surface area contributed by atoms with Crippen LogP contribution in [0.1, 0.15) is 5.56 Å². The number of methoxy groups -OCH3 is 1. The molecule has 0 spiro atoms. The highest BCUT2D eigenvalue weighted by atomic mass is 35.5. The number of hydrogen-bond donors (Lipinski definition) is 1. The van der Waals surface area contributed by atoms with Gasteiger partial charge in [-0.2, -0.15) is 0 Å². The standard InChI is InChI=1S/C15H16ClNO2/c1-17-13-4-6-14(7-5-13)19-10-11-9-12(16)3-8-15(11)18-2/h3-9,17H,10H2,1-2H3. The molecule has 0 saturated carbocycles. The van der Waals surface area contributed by atoms with E-state index >= 15 is 0 Å². The zero-order valence-electron chi connectivity index (χ0n) is 10.9. The van der Waals surface area contributed by atoms with Crippen molar-refractivity contribution in [3.8, 4) is 11.5 Å². The van der Waals surface area contributed by atoms with Crippen molar-refractivity contribution in [2.75, 3.05) is 19.5 Å². The molecule has 0 bridgehead atoms. The van der Waals surface area contributed by atoms with Gasteiger partial charge >= 0.3 is 0 Å². The van der Waals surface area contributed by atoms with E-state index in [2.05, 4.69) is 5.32 Å². The largest absolute Gasteiger partial charge is 0.496 e. The van der Waals surface area contributed by atoms with E-state index in [-0.39, 0.29) is 0 Å². The van der Waals surface area contributed by atoms with Gasteiger partial charge in [0.15, 0.2) is 0 Å². The zero-order valence-corrected chi connectivity index (χ0v) is 11.7. The first-order chi connectivity index (χ1) is 9.22. The first-order valence-corrected chi connectivity index (χ1v) is 6.34. The molecule has 4 heteroatoms. The number of halogens is 1. The molecule has 0 heterocycles. The van der Waals surface area contributed by atoms with Crippen molar-refractivity contribution < 1.29 is 9.47 Å². The molecule has 0 unspecified atom stereocenters. The summed E-state index contributed by atoms with van der Waals surface area (Å²) in [5.41, 5.74) is 1.97. The van der Waals surface area contributed by atoms with Crippen LogP contribution in [-0.2, 0) is 6.61 Å². The number of anilines is 1. The Labute approximate surface area is 118 Å². The summed E-state index contributed by atoms with van der Waals surface area (Å²) >= 11 is 5.98. The van der Waals surface area contributed by atoms with Gasteiger partial charge in [0, 0.05) is 23.3 Å². The maximum absolute atomic E-state index is 5.98. The van der Waals surface area contributed by atoms with Crippen molar-refractivity contribution in [3.63, 3.8) is 0 Å². The Morgan fingerprint density at radius 3 is 2.47 bits per heavy atom. The Bertz CT molecular complexity index is 540. The molecule has 0 aliphatic heterocycles. The SMILES string of the molecule is CNc1ccc(OCc2cc(Cl)ccc2OC)cc1. The van der Waals surface area contributed by atoms with Gasteiger partial charge in [0.1, 0.15) is 18.1 Å². The Kier molecular flexibility index (Phi) is 4.53. The van der Waals surface area contributed by atoms with Gasteiger partial charge in [0.2, 0.25) is 0 Å². The molecule has 0 aliphatic rings. The van der Waals surface area contributed by atoms with E-state index in [0.29, 0.717) is 11.6 Å². The summed E-state index contributed by atoms with van der Waals surface area (Å²) in [5, 5.41) is 3.73. The molecule has 2 aromatic rings. The third-order valence-electron chi connectivity index (χ3n) is 2.78. The lowest BCUT2D eigenvalue weighted by atomic mass is 10.2. The van der Waals surface area contributed by atoms with Crippen molar-refractivity contribution in [2.45, 2.75) is 6.61 Å². The summed E-state index contributed by atoms with van der Waals surface area (Å²) in [6.45, 7) is 0.419. The van der Waals surface area contributed by atoms with Crippen molar-refractivity contribution in [1.29, 1.82) is 0 Å². The maximum Gasteiger partial charge on any atom is 0.125 e. The molecule has 0 radical (unpaired) electrons. The molecule has 100 valence electrons. The fourth-order valence-corrected chi connectivity index (χ4v) is 1.93. The van der Waals surface area contributed by atoms with Gasteiger partial charge in [-0.25, -0.2) is 0 Å². The molecule has 0 amide bonds. The van der Waals surface area contributed by atoms with Crippen LogP contribution in [-0.4, -0.2) is 14.2 Å². The van der Waals surface area contributed by atoms with E-state index in [1.54, 1.807) is 13.2 Å². The number of nitrogens with one attached hydrogen (secondary N) is 1. The van der Waals surface area contributed by atoms with Gasteiger partial charge in [-0.15, -0.1) is 0 Å². The van der Waals surface area contributed by atoms with Gasteiger partial charge in [-0.3, -0.25) is 0 Å². The molecule has 2 rings (SSSR count). The van der Waals surface area contributed by atoms with Gasteiger partial charge < -0.3 is 14.8 Å². The molecule has 0 aliphatic carbocycles. The second-order valence-electron chi connectivity index (χ2n) is 4.02. The molecule has 1 N–H and O–H groups in total. The van der Waals surface area contributed by atoms with Crippen LogP contribution >= 0.6 is 11.6 Å². The predicted molar refractivity (Wildman–Crippen MR) is 78.3 cm³/mol. The zero-order chi connectivity index (χ0) is 13.7. The molecule has 2 aromatic carbocycles. The van der Waals surface area contributed by atoms with Crippen LogP contribution in [0.25, 0.3) is 0 Å². The Morgan fingerprint density at radius 2 is 1.84 bits per heavy atom. The van der Waals surface area contributed by atoms with Gasteiger partial charge in [-0.05, 0) is 42.5 Å². The van der Waals surface area contributed by atoms with Crippen LogP contribution in [0.3, 0.4) is 0 Å². The topological polar surface area (TPSA) is 30.5 Å². The summed E-state index contributed by atoms with van der Waals surface area (Å²) in [6, 6.07) is 13.2. The van der Waals surface area contributed by atoms with Crippen LogP contribution in [0.2, 0.25) is 5.02 Å². The summed E-state index contributed by atoms with van der Waals surface area (Å²) in [6.07, 6.45) is 0. The average molecular weight is 278 g/mol. The minimum atomic E-state index is 0.419. The minimum absolute atomic E-state index is 0.419. The monoisotopic (exact) mass is 277 g/mol. The molecule has 19 heavy (non-hydrogen) atoms. The van der Waals surface area contributed by atoms with E-state index in [0.717, 1.165) is 22.7 Å². The molecule has 0 aromatic heterocycles. The third kappa shape index (κ3) is 3.55. The van der Waals surface area contributed by atoms with Crippen molar-refractivity contribution in [2.24, 2.45) is 0 Å². The van der Waals surface area contributed by atoms with E-state index in [1.807, 2.05) is 43.4 Å². The maximum atomic E-state index is 5.98. The van der Waals surface area contributed by atoms with Crippen LogP contribution in [0.15, 0.2) is 42.5 Å². The van der Waals surface area contributed by atoms with E-state index in [4.69, 9.17) is 21.1 Å². The average Bonchev–Trinajstić information content (AvgIpc) is 2.46. The molecule has 0 saturated heterocycles.